The predicted molar refractivity (Wildman–Crippen MR) is 123 cm³/mol. The number of carbonyl (C=O) groups is 2. The van der Waals surface area contributed by atoms with Crippen molar-refractivity contribution in [3.8, 4) is 0 Å². The van der Waals surface area contributed by atoms with Crippen molar-refractivity contribution in [2.75, 3.05) is 22.6 Å². The van der Waals surface area contributed by atoms with Crippen LogP contribution in [-0.2, 0) is 16.1 Å². The lowest BCUT2D eigenvalue weighted by atomic mass is 10.3. The van der Waals surface area contributed by atoms with Crippen LogP contribution in [0.5, 0.6) is 0 Å². The predicted octanol–water partition coefficient (Wildman–Crippen LogP) is 5.10. The van der Waals surface area contributed by atoms with Gasteiger partial charge in [-0.3, -0.25) is 4.79 Å². The molecule has 0 spiro atoms. The number of thiazole rings is 1. The second kappa shape index (κ2) is 9.84. The highest BCUT2D eigenvalue weighted by Gasteiger charge is 2.07. The van der Waals surface area contributed by atoms with E-state index >= 15 is 0 Å². The number of nitrogens with one attached hydrogen (secondary N) is 3. The number of fused-ring (bicyclic) bond motifs is 1. The van der Waals surface area contributed by atoms with Gasteiger partial charge in [-0.05, 0) is 48.5 Å². The molecule has 0 fully saturated rings. The van der Waals surface area contributed by atoms with E-state index in [1.54, 1.807) is 47.7 Å². The van der Waals surface area contributed by atoms with Crippen molar-refractivity contribution >= 4 is 50.6 Å². The van der Waals surface area contributed by atoms with Crippen molar-refractivity contribution in [3.63, 3.8) is 0 Å². The van der Waals surface area contributed by atoms with Gasteiger partial charge in [-0.2, -0.15) is 0 Å². The number of hydrogen-bond donors (Lipinski definition) is 3. The maximum atomic E-state index is 12.1. The zero-order chi connectivity index (χ0) is 21.5. The molecule has 1 heterocycles. The molecule has 4 rings (SSSR count). The normalized spacial score (nSPS) is 10.6. The molecule has 0 saturated carbocycles. The van der Waals surface area contributed by atoms with Gasteiger partial charge in [0.2, 0.25) is 5.91 Å². The molecule has 8 heteroatoms. The number of para-hydroxylation sites is 2. The van der Waals surface area contributed by atoms with Gasteiger partial charge in [0.1, 0.15) is 11.6 Å². The van der Waals surface area contributed by atoms with E-state index < -0.39 is 0 Å². The van der Waals surface area contributed by atoms with Gasteiger partial charge in [-0.15, -0.1) is 11.3 Å². The Kier molecular flexibility index (Phi) is 6.51. The Bertz CT molecular complexity index is 1140. The van der Waals surface area contributed by atoms with E-state index in [9.17, 15) is 9.59 Å². The SMILES string of the molecule is O=C(COCc1nc2ccccc2s1)Nc1ccc(NC(=O)Nc2ccccc2)cc1. The third-order valence-corrected chi connectivity index (χ3v) is 5.26. The monoisotopic (exact) mass is 432 g/mol. The molecule has 0 aliphatic rings. The van der Waals surface area contributed by atoms with E-state index in [1.807, 2.05) is 42.5 Å². The maximum Gasteiger partial charge on any atom is 0.323 e. The average Bonchev–Trinajstić information content (AvgIpc) is 3.18. The van der Waals surface area contributed by atoms with E-state index in [0.29, 0.717) is 17.1 Å². The van der Waals surface area contributed by atoms with Crippen molar-refractivity contribution in [1.29, 1.82) is 0 Å². The lowest BCUT2D eigenvalue weighted by molar-refractivity contribution is -0.121. The standard InChI is InChI=1S/C23H20N4O3S/c28-21(14-30-15-22-27-19-8-4-5-9-20(19)31-22)24-17-10-12-18(13-11-17)26-23(29)25-16-6-2-1-3-7-16/h1-13H,14-15H2,(H,24,28)(H2,25,26,29). The number of carbonyl (C=O) groups excluding carboxylic acids is 2. The molecule has 0 saturated heterocycles. The fourth-order valence-electron chi connectivity index (χ4n) is 2.86. The van der Waals surface area contributed by atoms with E-state index in [2.05, 4.69) is 20.9 Å². The van der Waals surface area contributed by atoms with Crippen molar-refractivity contribution in [3.05, 3.63) is 83.9 Å². The molecule has 3 N–H and O–H groups in total. The van der Waals surface area contributed by atoms with Crippen LogP contribution in [-0.4, -0.2) is 23.5 Å². The van der Waals surface area contributed by atoms with Crippen molar-refractivity contribution in [2.45, 2.75) is 6.61 Å². The molecule has 0 aliphatic heterocycles. The molecule has 0 radical (unpaired) electrons. The Morgan fingerprint density at radius 1 is 0.774 bits per heavy atom. The average molecular weight is 433 g/mol. The molecule has 1 aromatic heterocycles. The van der Waals surface area contributed by atoms with Gasteiger partial charge >= 0.3 is 6.03 Å². The molecule has 0 atom stereocenters. The second-order valence-electron chi connectivity index (χ2n) is 6.64. The molecule has 3 amide bonds. The Hall–Kier alpha value is -3.75. The summed E-state index contributed by atoms with van der Waals surface area (Å²) in [4.78, 5) is 28.6. The Morgan fingerprint density at radius 3 is 2.10 bits per heavy atom. The quantitative estimate of drug-likeness (QED) is 0.379. The van der Waals surface area contributed by atoms with Crippen LogP contribution in [0.15, 0.2) is 78.9 Å². The van der Waals surface area contributed by atoms with Crippen LogP contribution in [0, 0.1) is 0 Å². The highest BCUT2D eigenvalue weighted by Crippen LogP contribution is 2.22. The van der Waals surface area contributed by atoms with Gasteiger partial charge in [0.15, 0.2) is 0 Å². The number of nitrogens with zero attached hydrogens (tertiary/aromatic N) is 1. The van der Waals surface area contributed by atoms with E-state index in [0.717, 1.165) is 15.2 Å². The molecular formula is C23H20N4O3S. The Labute approximate surface area is 183 Å². The molecule has 156 valence electrons. The van der Waals surface area contributed by atoms with Crippen molar-refractivity contribution in [1.82, 2.24) is 4.98 Å². The smallest absolute Gasteiger partial charge is 0.323 e. The number of amides is 3. The van der Waals surface area contributed by atoms with Crippen LogP contribution < -0.4 is 16.0 Å². The van der Waals surface area contributed by atoms with E-state index in [-0.39, 0.29) is 25.2 Å². The number of rotatable bonds is 7. The van der Waals surface area contributed by atoms with Gasteiger partial charge < -0.3 is 20.7 Å². The van der Waals surface area contributed by atoms with Gasteiger partial charge in [-0.1, -0.05) is 30.3 Å². The van der Waals surface area contributed by atoms with Crippen molar-refractivity contribution < 1.29 is 14.3 Å². The number of benzene rings is 3. The van der Waals surface area contributed by atoms with Crippen LogP contribution in [0.1, 0.15) is 5.01 Å². The number of aromatic nitrogens is 1. The molecule has 7 nitrogen and oxygen atoms in total. The molecule has 0 unspecified atom stereocenters. The first-order chi connectivity index (χ1) is 15.2. The minimum absolute atomic E-state index is 0.0740. The Balaban J connectivity index is 1.21. The maximum absolute atomic E-state index is 12.1. The molecule has 3 aromatic carbocycles. The van der Waals surface area contributed by atoms with Crippen LogP contribution in [0.4, 0.5) is 21.9 Å². The van der Waals surface area contributed by atoms with Crippen LogP contribution in [0.25, 0.3) is 10.2 Å². The van der Waals surface area contributed by atoms with Crippen LogP contribution in [0.2, 0.25) is 0 Å². The lowest BCUT2D eigenvalue weighted by Gasteiger charge is -2.09. The fourth-order valence-corrected chi connectivity index (χ4v) is 3.77. The largest absolute Gasteiger partial charge is 0.364 e. The van der Waals surface area contributed by atoms with Gasteiger partial charge in [0.05, 0.1) is 16.8 Å². The number of urea groups is 1. The summed E-state index contributed by atoms with van der Waals surface area (Å²) in [6, 6.07) is 23.5. The van der Waals surface area contributed by atoms with Gasteiger partial charge in [0.25, 0.3) is 0 Å². The minimum Gasteiger partial charge on any atom is -0.364 e. The zero-order valence-corrected chi connectivity index (χ0v) is 17.3. The molecule has 4 aromatic rings. The zero-order valence-electron chi connectivity index (χ0n) is 16.5. The minimum atomic E-state index is -0.341. The lowest BCUT2D eigenvalue weighted by Crippen LogP contribution is -2.20. The molecule has 31 heavy (non-hydrogen) atoms. The summed E-state index contributed by atoms with van der Waals surface area (Å²) in [7, 11) is 0. The second-order valence-corrected chi connectivity index (χ2v) is 7.75. The summed E-state index contributed by atoms with van der Waals surface area (Å²) >= 11 is 1.55. The van der Waals surface area contributed by atoms with E-state index in [1.165, 1.54) is 0 Å². The van der Waals surface area contributed by atoms with Gasteiger partial charge in [0, 0.05) is 17.1 Å². The third kappa shape index (κ3) is 5.88. The highest BCUT2D eigenvalue weighted by atomic mass is 32.1. The summed E-state index contributed by atoms with van der Waals surface area (Å²) in [5.41, 5.74) is 2.86. The molecular weight excluding hydrogens is 412 g/mol. The Morgan fingerprint density at radius 2 is 1.39 bits per heavy atom. The number of hydrogen-bond acceptors (Lipinski definition) is 5. The highest BCUT2D eigenvalue weighted by molar-refractivity contribution is 7.18. The van der Waals surface area contributed by atoms with Crippen LogP contribution in [0.3, 0.4) is 0 Å². The number of ether oxygens (including phenoxy) is 1. The van der Waals surface area contributed by atoms with Crippen LogP contribution >= 0.6 is 11.3 Å². The summed E-state index contributed by atoms with van der Waals surface area (Å²) in [5.74, 6) is -0.261. The summed E-state index contributed by atoms with van der Waals surface area (Å²) < 4.78 is 6.58. The topological polar surface area (TPSA) is 92.3 Å². The first-order valence-corrected chi connectivity index (χ1v) is 10.4. The summed E-state index contributed by atoms with van der Waals surface area (Å²) in [5, 5.41) is 9.08. The van der Waals surface area contributed by atoms with E-state index in [4.69, 9.17) is 4.74 Å². The summed E-state index contributed by atoms with van der Waals surface area (Å²) in [6.45, 7) is 0.210. The fraction of sp³-hybridized carbons (Fsp3) is 0.0870. The van der Waals surface area contributed by atoms with Gasteiger partial charge in [-0.25, -0.2) is 9.78 Å². The molecule has 0 bridgehead atoms. The van der Waals surface area contributed by atoms with Crippen molar-refractivity contribution in [2.24, 2.45) is 0 Å². The molecule has 0 aliphatic carbocycles. The summed E-state index contributed by atoms with van der Waals surface area (Å²) in [6.07, 6.45) is 0. The third-order valence-electron chi connectivity index (χ3n) is 4.26. The first kappa shape index (κ1) is 20.5. The number of anilines is 3. The first-order valence-electron chi connectivity index (χ1n) is 9.61.